The van der Waals surface area contributed by atoms with Gasteiger partial charge in [0, 0.05) is 12.2 Å². The van der Waals surface area contributed by atoms with Crippen molar-refractivity contribution in [2.75, 3.05) is 6.54 Å². The molecule has 6 heteroatoms. The lowest BCUT2D eigenvalue weighted by Crippen LogP contribution is -2.16. The van der Waals surface area contributed by atoms with E-state index in [1.807, 2.05) is 19.1 Å². The van der Waals surface area contributed by atoms with E-state index in [2.05, 4.69) is 31.9 Å². The van der Waals surface area contributed by atoms with Crippen LogP contribution in [-0.2, 0) is 13.2 Å². The third kappa shape index (κ3) is 4.03. The van der Waals surface area contributed by atoms with Gasteiger partial charge in [-0.05, 0) is 32.0 Å². The largest absolute Gasteiger partial charge is 0.484 e. The molecule has 0 radical (unpaired) electrons. The molecule has 1 N–H and O–H groups in total. The van der Waals surface area contributed by atoms with Gasteiger partial charge in [-0.15, -0.1) is 0 Å². The lowest BCUT2D eigenvalue weighted by atomic mass is 10.2. The van der Waals surface area contributed by atoms with Crippen LogP contribution < -0.4 is 10.1 Å². The fraction of sp³-hybridized carbons (Fsp3) is 0.462. The van der Waals surface area contributed by atoms with Crippen LogP contribution in [0.2, 0.25) is 0 Å². The summed E-state index contributed by atoms with van der Waals surface area (Å²) in [5.74, 6) is 1.27. The number of aryl methyl sites for hydroxylation is 1. The Bertz CT molecular complexity index is 499. The maximum absolute atomic E-state index is 5.68. The van der Waals surface area contributed by atoms with Crippen molar-refractivity contribution in [3.8, 4) is 5.75 Å². The molecule has 2 aromatic heterocycles. The molecule has 102 valence electrons. The van der Waals surface area contributed by atoms with Gasteiger partial charge in [0.2, 0.25) is 12.2 Å². The number of nitrogens with one attached hydrogen (secondary N) is 1. The molecule has 0 amide bonds. The van der Waals surface area contributed by atoms with Gasteiger partial charge in [-0.3, -0.25) is 4.98 Å². The van der Waals surface area contributed by atoms with Crippen LogP contribution in [0.15, 0.2) is 23.0 Å². The highest BCUT2D eigenvalue weighted by Gasteiger charge is 2.07. The van der Waals surface area contributed by atoms with Crippen molar-refractivity contribution >= 4 is 0 Å². The molecule has 0 bridgehead atoms. The molecule has 2 rings (SSSR count). The van der Waals surface area contributed by atoms with E-state index in [1.165, 1.54) is 6.39 Å². The SMILES string of the molecule is CCCNCc1nc(C)ccc1OCc1ncon1. The Balaban J connectivity index is 2.01. The second kappa shape index (κ2) is 6.84. The van der Waals surface area contributed by atoms with E-state index in [-0.39, 0.29) is 6.61 Å². The molecule has 6 nitrogen and oxygen atoms in total. The molecule has 0 unspecified atom stereocenters. The minimum absolute atomic E-state index is 0.280. The van der Waals surface area contributed by atoms with E-state index in [9.17, 15) is 0 Å². The van der Waals surface area contributed by atoms with Crippen LogP contribution in [0.25, 0.3) is 0 Å². The number of ether oxygens (including phenoxy) is 1. The summed E-state index contributed by atoms with van der Waals surface area (Å²) in [6.45, 7) is 6.02. The predicted octanol–water partition coefficient (Wildman–Crippen LogP) is 1.85. The Labute approximate surface area is 112 Å². The average molecular weight is 262 g/mol. The van der Waals surface area contributed by atoms with E-state index >= 15 is 0 Å². The van der Waals surface area contributed by atoms with Crippen molar-refractivity contribution in [3.05, 3.63) is 35.7 Å². The number of hydrogen-bond acceptors (Lipinski definition) is 6. The van der Waals surface area contributed by atoms with Crippen LogP contribution in [0.3, 0.4) is 0 Å². The van der Waals surface area contributed by atoms with Gasteiger partial charge in [-0.1, -0.05) is 12.1 Å². The molecule has 0 aromatic carbocycles. The highest BCUT2D eigenvalue weighted by Crippen LogP contribution is 2.17. The van der Waals surface area contributed by atoms with Crippen molar-refractivity contribution in [1.29, 1.82) is 0 Å². The highest BCUT2D eigenvalue weighted by atomic mass is 16.5. The molecule has 0 spiro atoms. The molecule has 2 aromatic rings. The second-order valence-electron chi connectivity index (χ2n) is 4.21. The summed E-state index contributed by atoms with van der Waals surface area (Å²) in [5, 5.41) is 7.03. The zero-order valence-electron chi connectivity index (χ0n) is 11.2. The number of nitrogens with zero attached hydrogens (tertiary/aromatic N) is 3. The maximum atomic E-state index is 5.68. The molecule has 0 aliphatic heterocycles. The summed E-state index contributed by atoms with van der Waals surface area (Å²) >= 11 is 0. The molecule has 0 aliphatic rings. The van der Waals surface area contributed by atoms with Gasteiger partial charge in [0.25, 0.3) is 0 Å². The molecule has 19 heavy (non-hydrogen) atoms. The van der Waals surface area contributed by atoms with E-state index in [0.29, 0.717) is 12.4 Å². The first-order valence-corrected chi connectivity index (χ1v) is 6.35. The fourth-order valence-electron chi connectivity index (χ4n) is 1.64. The quantitative estimate of drug-likeness (QED) is 0.768. The molecule has 0 fully saturated rings. The third-order valence-electron chi connectivity index (χ3n) is 2.55. The third-order valence-corrected chi connectivity index (χ3v) is 2.55. The first-order valence-electron chi connectivity index (χ1n) is 6.35. The molecule has 0 aliphatic carbocycles. The second-order valence-corrected chi connectivity index (χ2v) is 4.21. The molecular formula is C13H18N4O2. The Morgan fingerprint density at radius 1 is 1.37 bits per heavy atom. The zero-order valence-corrected chi connectivity index (χ0v) is 11.2. The van der Waals surface area contributed by atoms with Gasteiger partial charge >= 0.3 is 0 Å². The summed E-state index contributed by atoms with van der Waals surface area (Å²) in [6, 6.07) is 3.85. The van der Waals surface area contributed by atoms with Gasteiger partial charge < -0.3 is 14.6 Å². The standard InChI is InChI=1S/C13H18N4O2/c1-3-6-14-7-11-12(5-4-10(2)16-11)18-8-13-15-9-19-17-13/h4-5,9,14H,3,6-8H2,1-2H3. The summed E-state index contributed by atoms with van der Waals surface area (Å²) < 4.78 is 10.3. The Kier molecular flexibility index (Phi) is 4.85. The summed E-state index contributed by atoms with van der Waals surface area (Å²) in [6.07, 6.45) is 2.38. The number of pyridine rings is 1. The Morgan fingerprint density at radius 2 is 2.26 bits per heavy atom. The van der Waals surface area contributed by atoms with Gasteiger partial charge in [0.1, 0.15) is 5.75 Å². The first kappa shape index (κ1) is 13.5. The van der Waals surface area contributed by atoms with Crippen LogP contribution >= 0.6 is 0 Å². The van der Waals surface area contributed by atoms with E-state index in [0.717, 1.165) is 30.1 Å². The monoisotopic (exact) mass is 262 g/mol. The van der Waals surface area contributed by atoms with Gasteiger partial charge in [-0.25, -0.2) is 0 Å². The molecule has 0 atom stereocenters. The van der Waals surface area contributed by atoms with Crippen LogP contribution in [0.4, 0.5) is 0 Å². The summed E-state index contributed by atoms with van der Waals surface area (Å²) in [7, 11) is 0. The highest BCUT2D eigenvalue weighted by molar-refractivity contribution is 5.29. The van der Waals surface area contributed by atoms with Gasteiger partial charge in [-0.2, -0.15) is 4.98 Å². The van der Waals surface area contributed by atoms with E-state index in [1.54, 1.807) is 0 Å². The Hall–Kier alpha value is -1.95. The lowest BCUT2D eigenvalue weighted by molar-refractivity contribution is 0.281. The summed E-state index contributed by atoms with van der Waals surface area (Å²) in [4.78, 5) is 8.41. The van der Waals surface area contributed by atoms with Crippen LogP contribution in [-0.4, -0.2) is 21.7 Å². The predicted molar refractivity (Wildman–Crippen MR) is 69.6 cm³/mol. The van der Waals surface area contributed by atoms with Crippen LogP contribution in [0, 0.1) is 6.92 Å². The van der Waals surface area contributed by atoms with E-state index in [4.69, 9.17) is 4.74 Å². The van der Waals surface area contributed by atoms with Gasteiger partial charge in [0.15, 0.2) is 6.61 Å². The number of hydrogen-bond donors (Lipinski definition) is 1. The van der Waals surface area contributed by atoms with Gasteiger partial charge in [0.05, 0.1) is 5.69 Å². The fourth-order valence-corrected chi connectivity index (χ4v) is 1.64. The molecule has 0 saturated carbocycles. The van der Waals surface area contributed by atoms with Crippen LogP contribution in [0.1, 0.15) is 30.6 Å². The maximum Gasteiger partial charge on any atom is 0.213 e. The topological polar surface area (TPSA) is 73.1 Å². The molecule has 2 heterocycles. The van der Waals surface area contributed by atoms with E-state index < -0.39 is 0 Å². The van der Waals surface area contributed by atoms with Crippen LogP contribution in [0.5, 0.6) is 5.75 Å². The number of rotatable bonds is 7. The lowest BCUT2D eigenvalue weighted by Gasteiger charge is -2.10. The number of aromatic nitrogens is 3. The zero-order chi connectivity index (χ0) is 13.5. The molecular weight excluding hydrogens is 244 g/mol. The van der Waals surface area contributed by atoms with Crippen molar-refractivity contribution in [3.63, 3.8) is 0 Å². The van der Waals surface area contributed by atoms with Crippen molar-refractivity contribution < 1.29 is 9.26 Å². The average Bonchev–Trinajstić information content (AvgIpc) is 2.91. The van der Waals surface area contributed by atoms with Crippen molar-refractivity contribution in [1.82, 2.24) is 20.4 Å². The molecule has 0 saturated heterocycles. The van der Waals surface area contributed by atoms with Crippen molar-refractivity contribution in [2.24, 2.45) is 0 Å². The Morgan fingerprint density at radius 3 is 3.00 bits per heavy atom. The minimum Gasteiger partial charge on any atom is -0.484 e. The van der Waals surface area contributed by atoms with Crippen molar-refractivity contribution in [2.45, 2.75) is 33.4 Å². The summed E-state index contributed by atoms with van der Waals surface area (Å²) in [5.41, 5.74) is 1.87. The smallest absolute Gasteiger partial charge is 0.213 e. The first-order chi connectivity index (χ1) is 9.29. The normalized spacial score (nSPS) is 10.6. The minimum atomic E-state index is 0.280.